The summed E-state index contributed by atoms with van der Waals surface area (Å²) in [5, 5.41) is 14.5. The number of nitriles is 1. The van der Waals surface area contributed by atoms with Crippen LogP contribution in [0.3, 0.4) is 0 Å². The minimum absolute atomic E-state index is 0.511. The predicted octanol–water partition coefficient (Wildman–Crippen LogP) is 10.4. The maximum atomic E-state index is 11.0. The van der Waals surface area contributed by atoms with Gasteiger partial charge in [0.25, 0.3) is 0 Å². The van der Waals surface area contributed by atoms with Crippen molar-refractivity contribution in [2.24, 2.45) is 0 Å². The van der Waals surface area contributed by atoms with Gasteiger partial charge in [0.05, 0.1) is 22.6 Å². The van der Waals surface area contributed by atoms with Gasteiger partial charge >= 0.3 is 0 Å². The second kappa shape index (κ2) is 12.1. The minimum atomic E-state index is 0.511. The Bertz CT molecular complexity index is 2260. The number of rotatable bonds is 6. The number of fused-ring (bicyclic) bond motifs is 4. The highest BCUT2D eigenvalue weighted by Crippen LogP contribution is 2.43. The Kier molecular flexibility index (Phi) is 7.58. The van der Waals surface area contributed by atoms with Crippen LogP contribution in [0.15, 0.2) is 140 Å². The predicted molar refractivity (Wildman–Crippen MR) is 194 cm³/mol. The number of nitrogens with two attached hydrogens (primary N) is 1. The molecule has 0 spiro atoms. The number of allylic oxidation sites excluding steroid dienone is 4. The molecule has 0 aliphatic heterocycles. The fourth-order valence-electron chi connectivity index (χ4n) is 6.71. The Morgan fingerprint density at radius 1 is 0.870 bits per heavy atom. The van der Waals surface area contributed by atoms with Crippen molar-refractivity contribution < 1.29 is 0 Å². The number of nitrogen functional groups attached to an aromatic ring is 1. The fourth-order valence-corrected chi connectivity index (χ4v) is 6.71. The van der Waals surface area contributed by atoms with E-state index in [0.29, 0.717) is 23.4 Å². The Hall–Kier alpha value is -6.05. The van der Waals surface area contributed by atoms with E-state index in [1.807, 2.05) is 36.4 Å². The molecular weight excluding hydrogens is 560 g/mol. The highest BCUT2D eigenvalue weighted by Gasteiger charge is 2.26. The number of benzene rings is 5. The van der Waals surface area contributed by atoms with Gasteiger partial charge in [-0.15, -0.1) is 0 Å². The average molecular weight is 595 g/mol. The van der Waals surface area contributed by atoms with E-state index < -0.39 is 0 Å². The Morgan fingerprint density at radius 3 is 2.46 bits per heavy atom. The van der Waals surface area contributed by atoms with Gasteiger partial charge in [0.1, 0.15) is 11.6 Å². The number of nitrogens with zero attached hydrogens (tertiary/aromatic N) is 3. The number of aromatic nitrogens is 1. The smallest absolute Gasteiger partial charge is 0.104 e. The van der Waals surface area contributed by atoms with Gasteiger partial charge in [-0.2, -0.15) is 5.26 Å². The molecule has 1 heterocycles. The molecular formula is C42H34N4. The molecule has 0 atom stereocenters. The maximum Gasteiger partial charge on any atom is 0.104 e. The van der Waals surface area contributed by atoms with E-state index in [9.17, 15) is 5.26 Å². The largest absolute Gasteiger partial charge is 0.397 e. The van der Waals surface area contributed by atoms with E-state index in [-0.39, 0.29) is 0 Å². The molecule has 4 nitrogen and oxygen atoms in total. The standard InChI is InChI=1S/C42H34N4/c1-3-4-21-35-29(2)45(40-25-23-31-16-11-13-22-36(31)41(35)40)39-26-24-38(44)42(37(39)28-43)46(33-18-6-5-7-19-33)34-20-12-10-15-30-14-8-9-17-32(30)27-34/h3-14,16-19,21-27H,1,15,20,44H2,2H3/b12-10-,21-4-,34-27+. The molecule has 0 bridgehead atoms. The third-order valence-corrected chi connectivity index (χ3v) is 8.82. The van der Waals surface area contributed by atoms with Gasteiger partial charge in [-0.25, -0.2) is 0 Å². The molecule has 6 aromatic rings. The second-order valence-electron chi connectivity index (χ2n) is 11.5. The number of para-hydroxylation sites is 1. The first-order chi connectivity index (χ1) is 22.6. The lowest BCUT2D eigenvalue weighted by Crippen LogP contribution is -2.20. The van der Waals surface area contributed by atoms with Crippen LogP contribution in [0.2, 0.25) is 0 Å². The summed E-state index contributed by atoms with van der Waals surface area (Å²) in [6, 6.07) is 37.9. The molecule has 46 heavy (non-hydrogen) atoms. The van der Waals surface area contributed by atoms with Gasteiger partial charge in [0, 0.05) is 34.4 Å². The normalized spacial score (nSPS) is 14.7. The van der Waals surface area contributed by atoms with Gasteiger partial charge < -0.3 is 15.2 Å². The third-order valence-electron chi connectivity index (χ3n) is 8.82. The van der Waals surface area contributed by atoms with Gasteiger partial charge in [0.15, 0.2) is 0 Å². The van der Waals surface area contributed by atoms with E-state index in [4.69, 9.17) is 5.73 Å². The second-order valence-corrected chi connectivity index (χ2v) is 11.5. The lowest BCUT2D eigenvalue weighted by Gasteiger charge is -2.31. The van der Waals surface area contributed by atoms with Crippen LogP contribution in [0.5, 0.6) is 0 Å². The molecule has 0 saturated carbocycles. The zero-order chi connectivity index (χ0) is 31.6. The van der Waals surface area contributed by atoms with Crippen molar-refractivity contribution in [1.29, 1.82) is 5.26 Å². The van der Waals surface area contributed by atoms with Gasteiger partial charge in [0.2, 0.25) is 0 Å². The SMILES string of the molecule is C=C/C=C\c1c(C)n(-c2ccc(N)c(N(/C3=C/c4ccccc4C/C=C\C3)c3ccccc3)c2C#N)c2ccc3ccccc3c12. The van der Waals surface area contributed by atoms with Gasteiger partial charge in [-0.1, -0.05) is 110 Å². The van der Waals surface area contributed by atoms with Crippen LogP contribution >= 0.6 is 0 Å². The molecule has 0 amide bonds. The molecule has 4 heteroatoms. The van der Waals surface area contributed by atoms with Crippen LogP contribution in [0.4, 0.5) is 17.1 Å². The van der Waals surface area contributed by atoms with Crippen molar-refractivity contribution in [2.45, 2.75) is 19.8 Å². The molecule has 7 rings (SSSR count). The summed E-state index contributed by atoms with van der Waals surface area (Å²) in [6.45, 7) is 6.03. The summed E-state index contributed by atoms with van der Waals surface area (Å²) in [7, 11) is 0. The molecule has 0 radical (unpaired) electrons. The molecule has 0 fully saturated rings. The fraction of sp³-hybridized carbons (Fsp3) is 0.0714. The number of hydrogen-bond acceptors (Lipinski definition) is 3. The highest BCUT2D eigenvalue weighted by atomic mass is 15.2. The van der Waals surface area contributed by atoms with Crippen molar-refractivity contribution in [3.8, 4) is 11.8 Å². The summed E-state index contributed by atoms with van der Waals surface area (Å²) in [4.78, 5) is 2.17. The molecule has 1 aromatic heterocycles. The summed E-state index contributed by atoms with van der Waals surface area (Å²) >= 11 is 0. The van der Waals surface area contributed by atoms with Crippen molar-refractivity contribution in [3.63, 3.8) is 0 Å². The van der Waals surface area contributed by atoms with Gasteiger partial charge in [-0.05, 0) is 71.7 Å². The summed E-state index contributed by atoms with van der Waals surface area (Å²) < 4.78 is 2.21. The Labute approximate surface area is 269 Å². The lowest BCUT2D eigenvalue weighted by molar-refractivity contribution is 1.03. The van der Waals surface area contributed by atoms with E-state index in [2.05, 4.69) is 126 Å². The number of hydrogen-bond donors (Lipinski definition) is 1. The molecule has 0 unspecified atom stereocenters. The van der Waals surface area contributed by atoms with Crippen LogP contribution < -0.4 is 10.6 Å². The number of anilines is 3. The highest BCUT2D eigenvalue weighted by molar-refractivity contribution is 6.12. The van der Waals surface area contributed by atoms with E-state index >= 15 is 0 Å². The summed E-state index contributed by atoms with van der Waals surface area (Å²) in [5.74, 6) is 0. The monoisotopic (exact) mass is 594 g/mol. The minimum Gasteiger partial charge on any atom is -0.397 e. The Balaban J connectivity index is 1.54. The van der Waals surface area contributed by atoms with Crippen molar-refractivity contribution in [1.82, 2.24) is 4.57 Å². The van der Waals surface area contributed by atoms with Gasteiger partial charge in [-0.3, -0.25) is 0 Å². The van der Waals surface area contributed by atoms with Crippen molar-refractivity contribution in [3.05, 3.63) is 168 Å². The van der Waals surface area contributed by atoms with Crippen LogP contribution in [0.25, 0.3) is 39.5 Å². The van der Waals surface area contributed by atoms with E-state index in [1.54, 1.807) is 6.08 Å². The summed E-state index contributed by atoms with van der Waals surface area (Å²) in [6.07, 6.45) is 14.1. The first kappa shape index (κ1) is 28.7. The van der Waals surface area contributed by atoms with E-state index in [0.717, 1.165) is 56.6 Å². The van der Waals surface area contributed by atoms with Crippen molar-refractivity contribution in [2.75, 3.05) is 10.6 Å². The third kappa shape index (κ3) is 4.89. The maximum absolute atomic E-state index is 11.0. The molecule has 5 aromatic carbocycles. The lowest BCUT2D eigenvalue weighted by atomic mass is 9.98. The molecule has 222 valence electrons. The van der Waals surface area contributed by atoms with Crippen LogP contribution in [-0.4, -0.2) is 4.57 Å². The van der Waals surface area contributed by atoms with E-state index in [1.165, 1.54) is 10.9 Å². The topological polar surface area (TPSA) is 58.0 Å². The van der Waals surface area contributed by atoms with Crippen LogP contribution in [0.1, 0.15) is 34.4 Å². The zero-order valence-corrected chi connectivity index (χ0v) is 25.8. The quantitative estimate of drug-likeness (QED) is 0.119. The molecule has 1 aliphatic rings. The first-order valence-corrected chi connectivity index (χ1v) is 15.5. The zero-order valence-electron chi connectivity index (χ0n) is 25.8. The van der Waals surface area contributed by atoms with Crippen LogP contribution in [0, 0.1) is 18.3 Å². The van der Waals surface area contributed by atoms with Crippen molar-refractivity contribution >= 4 is 50.9 Å². The molecule has 0 saturated heterocycles. The molecule has 2 N–H and O–H groups in total. The van der Waals surface area contributed by atoms with Crippen LogP contribution in [-0.2, 0) is 6.42 Å². The molecule has 1 aliphatic carbocycles. The first-order valence-electron chi connectivity index (χ1n) is 15.5. The average Bonchev–Trinajstić information content (AvgIpc) is 3.36. The Morgan fingerprint density at radius 2 is 1.63 bits per heavy atom. The summed E-state index contributed by atoms with van der Waals surface area (Å²) in [5.41, 5.74) is 16.9.